The summed E-state index contributed by atoms with van der Waals surface area (Å²) in [4.78, 5) is 12.8. The Morgan fingerprint density at radius 3 is 2.22 bits per heavy atom. The van der Waals surface area contributed by atoms with Gasteiger partial charge in [0.2, 0.25) is 0 Å². The van der Waals surface area contributed by atoms with E-state index in [0.717, 1.165) is 59.9 Å². The average Bonchev–Trinajstić information content (AvgIpc) is 3.14. The van der Waals surface area contributed by atoms with E-state index in [0.29, 0.717) is 36.0 Å². The number of carbonyl (C=O) groups excluding carboxylic acids is 1. The van der Waals surface area contributed by atoms with Crippen LogP contribution in [0.25, 0.3) is 0 Å². The van der Waals surface area contributed by atoms with Crippen LogP contribution in [0.15, 0.2) is 66.7 Å². The lowest BCUT2D eigenvalue weighted by Crippen LogP contribution is -2.17. The first-order valence-electron chi connectivity index (χ1n) is 20.5. The second kappa shape index (κ2) is 23.2. The highest BCUT2D eigenvalue weighted by atomic mass is 35.5. The molecule has 1 aliphatic rings. The number of hydrogen-bond donors (Lipinski definition) is 0. The van der Waals surface area contributed by atoms with Gasteiger partial charge < -0.3 is 14.0 Å². The van der Waals surface area contributed by atoms with Gasteiger partial charge in [-0.2, -0.15) is 0 Å². The van der Waals surface area contributed by atoms with E-state index in [1.54, 1.807) is 6.07 Å². The van der Waals surface area contributed by atoms with Crippen molar-refractivity contribution in [3.8, 4) is 11.5 Å². The van der Waals surface area contributed by atoms with E-state index >= 15 is 0 Å². The molecule has 4 rings (SSSR count). The smallest absolute Gasteiger partial charge is 0.368 e. The molecule has 0 unspecified atom stereocenters. The van der Waals surface area contributed by atoms with Crippen molar-refractivity contribution in [2.75, 3.05) is 13.0 Å². The van der Waals surface area contributed by atoms with Crippen LogP contribution in [0.4, 0.5) is 0 Å². The number of ether oxygens (including phenoxy) is 2. The largest absolute Gasteiger partial charge is 0.481 e. The van der Waals surface area contributed by atoms with Gasteiger partial charge in [0, 0.05) is 17.9 Å². The van der Waals surface area contributed by atoms with Crippen molar-refractivity contribution in [2.24, 2.45) is 0 Å². The van der Waals surface area contributed by atoms with Crippen LogP contribution in [0, 0.1) is 13.8 Å². The first-order chi connectivity index (χ1) is 26.1. The average molecular weight is 779 g/mol. The van der Waals surface area contributed by atoms with E-state index in [-0.39, 0.29) is 24.3 Å². The van der Waals surface area contributed by atoms with E-state index in [1.807, 2.05) is 36.4 Å². The molecule has 0 bridgehead atoms. The topological polar surface area (TPSA) is 71.1 Å². The molecule has 1 aliphatic heterocycles. The zero-order chi connectivity index (χ0) is 38.8. The molecule has 1 fully saturated rings. The van der Waals surface area contributed by atoms with Crippen LogP contribution in [0.5, 0.6) is 11.5 Å². The summed E-state index contributed by atoms with van der Waals surface area (Å²) in [5.41, 5.74) is 6.41. The molecular weight excluding hydrogens is 715 g/mol. The standard InChI is InChI=1S/C46H64ClO6P/c1-6-7-8-9-10-11-12-13-14-15-16-17-18-19-20-24-46(48)52-45-26-25-38(31-42(45)35(2)3)32-43-36(4)29-41(30-37(43)5)50-34-54(49)51-28-27-44(53-54)39-22-21-23-40(47)33-39/h13-14,21-23,25-26,29-31,33,35,44H,6-12,15-20,24,27-28,32,34H2,1-5H3/b14-13-/t44-,54+/m0/s1. The van der Waals surface area contributed by atoms with Crippen molar-refractivity contribution in [3.63, 3.8) is 0 Å². The SMILES string of the molecule is CCCCCCCC/C=C\CCCCCCCC(=O)Oc1ccc(Cc2c(C)cc(OC[P@@]3(=O)OCC[C@@H](c4cccc(Cl)c4)O3)cc2C)cc1C(C)C. The number of unbranched alkanes of at least 4 members (excludes halogenated alkanes) is 11. The predicted octanol–water partition coefficient (Wildman–Crippen LogP) is 14.3. The van der Waals surface area contributed by atoms with E-state index in [1.165, 1.54) is 63.4 Å². The molecule has 3 aromatic rings. The van der Waals surface area contributed by atoms with Gasteiger partial charge in [0.15, 0.2) is 6.35 Å². The lowest BCUT2D eigenvalue weighted by Gasteiger charge is -2.30. The second-order valence-electron chi connectivity index (χ2n) is 15.2. The third kappa shape index (κ3) is 15.0. The number of halogens is 1. The summed E-state index contributed by atoms with van der Waals surface area (Å²) in [6, 6.07) is 17.5. The zero-order valence-electron chi connectivity index (χ0n) is 33.5. The minimum absolute atomic E-state index is 0.157. The Morgan fingerprint density at radius 2 is 1.56 bits per heavy atom. The number of benzene rings is 3. The molecule has 2 atom stereocenters. The van der Waals surface area contributed by atoms with Crippen molar-refractivity contribution >= 4 is 25.2 Å². The Morgan fingerprint density at radius 1 is 0.889 bits per heavy atom. The normalized spacial score (nSPS) is 17.4. The van der Waals surface area contributed by atoms with Gasteiger partial charge in [0.25, 0.3) is 0 Å². The highest BCUT2D eigenvalue weighted by Gasteiger charge is 2.35. The highest BCUT2D eigenvalue weighted by Crippen LogP contribution is 2.56. The van der Waals surface area contributed by atoms with Crippen LogP contribution in [-0.2, 0) is 24.8 Å². The van der Waals surface area contributed by atoms with Gasteiger partial charge in [-0.3, -0.25) is 13.9 Å². The molecule has 1 heterocycles. The number of hydrogen-bond acceptors (Lipinski definition) is 6. The summed E-state index contributed by atoms with van der Waals surface area (Å²) < 4.78 is 36.9. The van der Waals surface area contributed by atoms with Gasteiger partial charge in [-0.25, -0.2) is 0 Å². The fourth-order valence-corrected chi connectivity index (χ4v) is 8.72. The first kappa shape index (κ1) is 43.8. The molecule has 0 amide bonds. The molecule has 0 spiro atoms. The van der Waals surface area contributed by atoms with E-state index < -0.39 is 7.60 Å². The minimum Gasteiger partial charge on any atom is -0.481 e. The van der Waals surface area contributed by atoms with Crippen molar-refractivity contribution in [1.82, 2.24) is 0 Å². The number of rotatable bonds is 23. The van der Waals surface area contributed by atoms with Gasteiger partial charge in [-0.1, -0.05) is 120 Å². The number of carbonyl (C=O) groups is 1. The van der Waals surface area contributed by atoms with Gasteiger partial charge >= 0.3 is 13.6 Å². The predicted molar refractivity (Wildman–Crippen MR) is 223 cm³/mol. The maximum atomic E-state index is 13.5. The Hall–Kier alpha value is -2.89. The molecule has 3 aromatic carbocycles. The van der Waals surface area contributed by atoms with Crippen LogP contribution >= 0.6 is 19.2 Å². The zero-order valence-corrected chi connectivity index (χ0v) is 35.2. The van der Waals surface area contributed by atoms with Crippen LogP contribution < -0.4 is 9.47 Å². The fraction of sp³-hybridized carbons (Fsp3) is 0.543. The number of allylic oxidation sites excluding steroid dienone is 2. The molecule has 296 valence electrons. The fourth-order valence-electron chi connectivity index (χ4n) is 7.02. The molecule has 8 heteroatoms. The molecule has 1 saturated heterocycles. The van der Waals surface area contributed by atoms with Gasteiger partial charge in [0.05, 0.1) is 12.7 Å². The van der Waals surface area contributed by atoms with Crippen LogP contribution in [0.1, 0.15) is 162 Å². The number of esters is 1. The summed E-state index contributed by atoms with van der Waals surface area (Å²) >= 11 is 6.17. The van der Waals surface area contributed by atoms with E-state index in [2.05, 4.69) is 58.9 Å². The van der Waals surface area contributed by atoms with Gasteiger partial charge in [-0.05, 0) is 122 Å². The summed E-state index contributed by atoms with van der Waals surface area (Å²) in [6.07, 6.45) is 22.0. The Balaban J connectivity index is 1.20. The Bertz CT molecular complexity index is 1660. The Kier molecular flexibility index (Phi) is 18.9. The number of aryl methyl sites for hydroxylation is 2. The summed E-state index contributed by atoms with van der Waals surface area (Å²) in [7, 11) is -3.47. The summed E-state index contributed by atoms with van der Waals surface area (Å²) in [6.45, 7) is 11.0. The molecule has 0 N–H and O–H groups in total. The molecule has 6 nitrogen and oxygen atoms in total. The van der Waals surface area contributed by atoms with Crippen molar-refractivity contribution in [2.45, 2.75) is 149 Å². The minimum atomic E-state index is -3.47. The van der Waals surface area contributed by atoms with E-state index in [9.17, 15) is 9.36 Å². The maximum absolute atomic E-state index is 13.5. The van der Waals surface area contributed by atoms with Crippen molar-refractivity contribution in [3.05, 3.63) is 105 Å². The lowest BCUT2D eigenvalue weighted by molar-refractivity contribution is -0.134. The van der Waals surface area contributed by atoms with E-state index in [4.69, 9.17) is 30.1 Å². The monoisotopic (exact) mass is 778 g/mol. The molecule has 0 saturated carbocycles. The Labute approximate surface area is 330 Å². The van der Waals surface area contributed by atoms with Crippen molar-refractivity contribution in [1.29, 1.82) is 0 Å². The maximum Gasteiger partial charge on any atom is 0.368 e. The second-order valence-corrected chi connectivity index (χ2v) is 17.6. The van der Waals surface area contributed by atoms with Crippen LogP contribution in [0.3, 0.4) is 0 Å². The molecule has 0 aromatic heterocycles. The van der Waals surface area contributed by atoms with Gasteiger partial charge in [-0.15, -0.1) is 0 Å². The van der Waals surface area contributed by atoms with Crippen molar-refractivity contribution < 1.29 is 27.9 Å². The summed E-state index contributed by atoms with van der Waals surface area (Å²) in [5, 5.41) is 0.610. The molecular formula is C46H64ClO6P. The lowest BCUT2D eigenvalue weighted by atomic mass is 9.93. The quantitative estimate of drug-likeness (QED) is 0.0314. The third-order valence-corrected chi connectivity index (χ3v) is 12.0. The molecule has 0 radical (unpaired) electrons. The van der Waals surface area contributed by atoms with Gasteiger partial charge in [0.1, 0.15) is 11.5 Å². The first-order valence-corrected chi connectivity index (χ1v) is 22.6. The van der Waals surface area contributed by atoms with Crippen LogP contribution in [-0.4, -0.2) is 18.9 Å². The highest BCUT2D eigenvalue weighted by molar-refractivity contribution is 7.53. The summed E-state index contributed by atoms with van der Waals surface area (Å²) in [5.74, 6) is 1.33. The molecule has 54 heavy (non-hydrogen) atoms. The third-order valence-electron chi connectivity index (χ3n) is 10.2. The van der Waals surface area contributed by atoms with Crippen LogP contribution in [0.2, 0.25) is 5.02 Å². The molecule has 0 aliphatic carbocycles.